The molecule has 4 aromatic rings. The van der Waals surface area contributed by atoms with Crippen LogP contribution in [0.25, 0.3) is 10.2 Å². The molecule has 0 saturated carbocycles. The normalized spacial score (nSPS) is 11.2. The number of ether oxygens (including phenoxy) is 1. The van der Waals surface area contributed by atoms with Crippen LogP contribution in [0.3, 0.4) is 0 Å². The lowest BCUT2D eigenvalue weighted by molar-refractivity contribution is 0.0979. The Kier molecular flexibility index (Phi) is 5.50. The highest BCUT2D eigenvalue weighted by Gasteiger charge is 2.25. The molecule has 30 heavy (non-hydrogen) atoms. The Morgan fingerprint density at radius 3 is 2.77 bits per heavy atom. The zero-order chi connectivity index (χ0) is 21.3. The summed E-state index contributed by atoms with van der Waals surface area (Å²) in [6, 6.07) is 11.5. The second-order valence-electron chi connectivity index (χ2n) is 7.29. The molecule has 0 spiro atoms. The number of thiazole rings is 1. The number of carbonyl (C=O) groups excluding carboxylic acids is 1. The van der Waals surface area contributed by atoms with Crippen molar-refractivity contribution in [1.29, 1.82) is 0 Å². The first-order valence-electron chi connectivity index (χ1n) is 9.67. The molecule has 3 heterocycles. The molecule has 0 aliphatic heterocycles. The number of pyridine rings is 1. The summed E-state index contributed by atoms with van der Waals surface area (Å²) in [6.07, 6.45) is 3.47. The summed E-state index contributed by atoms with van der Waals surface area (Å²) in [4.78, 5) is 24.1. The van der Waals surface area contributed by atoms with Gasteiger partial charge in [0.05, 0.1) is 23.9 Å². The van der Waals surface area contributed by atoms with E-state index in [-0.39, 0.29) is 11.9 Å². The van der Waals surface area contributed by atoms with E-state index in [2.05, 4.69) is 10.1 Å². The van der Waals surface area contributed by atoms with Gasteiger partial charge in [0.1, 0.15) is 5.75 Å². The minimum absolute atomic E-state index is 0.174. The Morgan fingerprint density at radius 1 is 1.27 bits per heavy atom. The van der Waals surface area contributed by atoms with Crippen LogP contribution in [0.1, 0.15) is 41.6 Å². The lowest BCUT2D eigenvalue weighted by Gasteiger charge is -2.18. The van der Waals surface area contributed by atoms with Gasteiger partial charge in [0.2, 0.25) is 0 Å². The third kappa shape index (κ3) is 3.91. The average molecular weight is 422 g/mol. The molecule has 154 valence electrons. The minimum Gasteiger partial charge on any atom is -0.497 e. The van der Waals surface area contributed by atoms with E-state index >= 15 is 0 Å². The van der Waals surface area contributed by atoms with Crippen LogP contribution in [-0.4, -0.2) is 32.8 Å². The fourth-order valence-corrected chi connectivity index (χ4v) is 4.28. The molecular formula is C22H23N5O2S. The number of methoxy groups -OCH3 is 1. The van der Waals surface area contributed by atoms with E-state index in [1.54, 1.807) is 24.4 Å². The van der Waals surface area contributed by atoms with Crippen molar-refractivity contribution in [1.82, 2.24) is 19.7 Å². The van der Waals surface area contributed by atoms with Crippen molar-refractivity contribution in [3.05, 3.63) is 65.7 Å². The summed E-state index contributed by atoms with van der Waals surface area (Å²) < 4.78 is 8.14. The van der Waals surface area contributed by atoms with Gasteiger partial charge >= 0.3 is 0 Å². The number of hydrogen-bond acceptors (Lipinski definition) is 6. The van der Waals surface area contributed by atoms with Crippen LogP contribution in [0.5, 0.6) is 5.75 Å². The summed E-state index contributed by atoms with van der Waals surface area (Å²) in [6.45, 7) is 6.40. The number of fused-ring (bicyclic) bond motifs is 1. The maximum absolute atomic E-state index is 13.5. The van der Waals surface area contributed by atoms with Crippen molar-refractivity contribution in [2.24, 2.45) is 0 Å². The molecule has 0 aliphatic carbocycles. The molecule has 0 fully saturated rings. The second-order valence-corrected chi connectivity index (χ2v) is 8.30. The van der Waals surface area contributed by atoms with Gasteiger partial charge in [0, 0.05) is 24.1 Å². The van der Waals surface area contributed by atoms with Gasteiger partial charge in [-0.2, -0.15) is 5.10 Å². The Labute approximate surface area is 179 Å². The Morgan fingerprint density at radius 2 is 2.10 bits per heavy atom. The summed E-state index contributed by atoms with van der Waals surface area (Å²) in [5, 5.41) is 5.16. The molecule has 0 saturated heterocycles. The summed E-state index contributed by atoms with van der Waals surface area (Å²) in [7, 11) is 1.63. The van der Waals surface area contributed by atoms with E-state index in [9.17, 15) is 4.79 Å². The fourth-order valence-electron chi connectivity index (χ4n) is 3.29. The molecule has 0 radical (unpaired) electrons. The SMILES string of the molecule is COc1ccc2nc(N(Cc3cccnc3)C(=O)c3cc(C)n(C(C)C)n3)sc2c1. The largest absolute Gasteiger partial charge is 0.497 e. The van der Waals surface area contributed by atoms with Crippen molar-refractivity contribution in [3.8, 4) is 5.75 Å². The van der Waals surface area contributed by atoms with Gasteiger partial charge in [-0.1, -0.05) is 17.4 Å². The number of rotatable bonds is 6. The van der Waals surface area contributed by atoms with Gasteiger partial charge < -0.3 is 4.74 Å². The highest BCUT2D eigenvalue weighted by Crippen LogP contribution is 2.33. The molecule has 8 heteroatoms. The lowest BCUT2D eigenvalue weighted by Crippen LogP contribution is -2.31. The number of aromatic nitrogens is 4. The highest BCUT2D eigenvalue weighted by atomic mass is 32.1. The summed E-state index contributed by atoms with van der Waals surface area (Å²) in [5.74, 6) is 0.571. The number of amides is 1. The lowest BCUT2D eigenvalue weighted by atomic mass is 10.2. The minimum atomic E-state index is -0.188. The highest BCUT2D eigenvalue weighted by molar-refractivity contribution is 7.22. The first-order chi connectivity index (χ1) is 14.5. The van der Waals surface area contributed by atoms with Gasteiger partial charge in [0.25, 0.3) is 5.91 Å². The maximum atomic E-state index is 13.5. The van der Waals surface area contributed by atoms with E-state index in [0.717, 1.165) is 27.2 Å². The predicted molar refractivity (Wildman–Crippen MR) is 118 cm³/mol. The average Bonchev–Trinajstić information content (AvgIpc) is 3.35. The maximum Gasteiger partial charge on any atom is 0.280 e. The third-order valence-electron chi connectivity index (χ3n) is 4.75. The monoisotopic (exact) mass is 421 g/mol. The van der Waals surface area contributed by atoms with Gasteiger partial charge in [-0.15, -0.1) is 0 Å². The predicted octanol–water partition coefficient (Wildman–Crippen LogP) is 4.63. The van der Waals surface area contributed by atoms with Crippen LogP contribution in [0.2, 0.25) is 0 Å². The van der Waals surface area contributed by atoms with Gasteiger partial charge in [0.15, 0.2) is 10.8 Å². The second kappa shape index (κ2) is 8.23. The van der Waals surface area contributed by atoms with E-state index in [1.807, 2.05) is 61.9 Å². The van der Waals surface area contributed by atoms with Crippen molar-refractivity contribution in [2.45, 2.75) is 33.4 Å². The van der Waals surface area contributed by atoms with Gasteiger partial charge in [-0.05, 0) is 56.7 Å². The summed E-state index contributed by atoms with van der Waals surface area (Å²) in [5.41, 5.74) is 3.09. The van der Waals surface area contributed by atoms with Crippen LogP contribution in [0.15, 0.2) is 48.8 Å². The molecule has 7 nitrogen and oxygen atoms in total. The third-order valence-corrected chi connectivity index (χ3v) is 5.80. The van der Waals surface area contributed by atoms with Crippen molar-refractivity contribution in [3.63, 3.8) is 0 Å². The van der Waals surface area contributed by atoms with Crippen molar-refractivity contribution < 1.29 is 9.53 Å². The van der Waals surface area contributed by atoms with Crippen LogP contribution < -0.4 is 9.64 Å². The van der Waals surface area contributed by atoms with E-state index in [0.29, 0.717) is 17.4 Å². The molecule has 0 N–H and O–H groups in total. The van der Waals surface area contributed by atoms with Crippen LogP contribution in [-0.2, 0) is 6.54 Å². The number of benzene rings is 1. The molecule has 1 amide bonds. The van der Waals surface area contributed by atoms with Crippen LogP contribution in [0, 0.1) is 6.92 Å². The number of anilines is 1. The number of carbonyl (C=O) groups is 1. The van der Waals surface area contributed by atoms with Crippen molar-refractivity contribution in [2.75, 3.05) is 12.0 Å². The first-order valence-corrected chi connectivity index (χ1v) is 10.5. The van der Waals surface area contributed by atoms with E-state index < -0.39 is 0 Å². The number of hydrogen-bond donors (Lipinski definition) is 0. The Hall–Kier alpha value is -3.26. The molecule has 3 aromatic heterocycles. The van der Waals surface area contributed by atoms with Crippen LogP contribution >= 0.6 is 11.3 Å². The number of nitrogens with zero attached hydrogens (tertiary/aromatic N) is 5. The molecule has 4 rings (SSSR count). The van der Waals surface area contributed by atoms with E-state index in [1.165, 1.54) is 11.3 Å². The molecule has 0 aliphatic rings. The topological polar surface area (TPSA) is 73.1 Å². The van der Waals surface area contributed by atoms with Gasteiger partial charge in [-0.3, -0.25) is 19.4 Å². The van der Waals surface area contributed by atoms with Crippen molar-refractivity contribution >= 4 is 32.6 Å². The summed E-state index contributed by atoms with van der Waals surface area (Å²) >= 11 is 1.45. The zero-order valence-electron chi connectivity index (χ0n) is 17.4. The molecule has 0 bridgehead atoms. The smallest absolute Gasteiger partial charge is 0.280 e. The zero-order valence-corrected chi connectivity index (χ0v) is 18.2. The fraction of sp³-hybridized carbons (Fsp3) is 0.273. The van der Waals surface area contributed by atoms with E-state index in [4.69, 9.17) is 9.72 Å². The Balaban J connectivity index is 1.76. The molecule has 0 unspecified atom stereocenters. The molecular weight excluding hydrogens is 398 g/mol. The standard InChI is InChI=1S/C22H23N5O2S/c1-14(2)27-15(3)10-19(25-27)21(28)26(13-16-6-5-9-23-12-16)22-24-18-8-7-17(29-4)11-20(18)30-22/h5-12,14H,13H2,1-4H3. The van der Waals surface area contributed by atoms with Gasteiger partial charge in [-0.25, -0.2) is 4.98 Å². The molecule has 1 aromatic carbocycles. The Bertz CT molecular complexity index is 1180. The molecule has 0 atom stereocenters. The van der Waals surface area contributed by atoms with Crippen LogP contribution in [0.4, 0.5) is 5.13 Å². The quantitative estimate of drug-likeness (QED) is 0.454. The first kappa shape index (κ1) is 20.0. The number of aryl methyl sites for hydroxylation is 1.